The van der Waals surface area contributed by atoms with Crippen molar-refractivity contribution in [3.8, 4) is 5.75 Å². The van der Waals surface area contributed by atoms with E-state index in [1.165, 1.54) is 18.3 Å². The lowest BCUT2D eigenvalue weighted by molar-refractivity contribution is -0.386. The maximum absolute atomic E-state index is 12.6. The number of imide groups is 1. The van der Waals surface area contributed by atoms with Crippen molar-refractivity contribution in [1.29, 1.82) is 0 Å². The maximum Gasteiger partial charge on any atom is 0.311 e. The molecule has 0 spiro atoms. The summed E-state index contributed by atoms with van der Waals surface area (Å²) in [6, 6.07) is 4.42. The van der Waals surface area contributed by atoms with Gasteiger partial charge in [0.1, 0.15) is 5.60 Å². The van der Waals surface area contributed by atoms with Crippen LogP contribution in [0.3, 0.4) is 0 Å². The number of hydrogen-bond acceptors (Lipinski definition) is 6. The number of rotatable bonds is 4. The van der Waals surface area contributed by atoms with Gasteiger partial charge >= 0.3 is 5.69 Å². The second kappa shape index (κ2) is 6.25. The molecule has 2 fully saturated rings. The van der Waals surface area contributed by atoms with Crippen LogP contribution < -0.4 is 4.74 Å². The number of allylic oxidation sites excluding steroid dienone is 2. The summed E-state index contributed by atoms with van der Waals surface area (Å²) in [4.78, 5) is 36.1. The van der Waals surface area contributed by atoms with E-state index >= 15 is 0 Å². The Labute approximate surface area is 162 Å². The summed E-state index contributed by atoms with van der Waals surface area (Å²) in [6.45, 7) is 5.40. The molecule has 4 unspecified atom stereocenters. The summed E-state index contributed by atoms with van der Waals surface area (Å²) in [5.74, 6) is -0.841. The van der Waals surface area contributed by atoms with Crippen molar-refractivity contribution in [1.82, 2.24) is 5.01 Å². The van der Waals surface area contributed by atoms with Gasteiger partial charge in [-0.15, -0.1) is 0 Å². The van der Waals surface area contributed by atoms with Gasteiger partial charge in [0.25, 0.3) is 11.8 Å². The molecule has 2 bridgehead atoms. The van der Waals surface area contributed by atoms with Gasteiger partial charge in [-0.1, -0.05) is 12.2 Å². The summed E-state index contributed by atoms with van der Waals surface area (Å²) in [6.07, 6.45) is 6.19. The van der Waals surface area contributed by atoms with Gasteiger partial charge in [-0.2, -0.15) is 10.1 Å². The summed E-state index contributed by atoms with van der Waals surface area (Å²) >= 11 is 0. The fourth-order valence-corrected chi connectivity index (χ4v) is 4.30. The molecule has 8 heteroatoms. The number of fused-ring (bicyclic) bond motifs is 5. The quantitative estimate of drug-likeness (QED) is 0.261. The monoisotopic (exact) mass is 383 g/mol. The standard InChI is InChI=1S/C20H21N3O5/c1-20(2,3)28-15-7-4-11(8-14(15)23(26)27)10-21-22-18(24)16-12-5-6-13(9-12)17(16)19(22)25/h4-8,10,12-13,16-17H,9H2,1-3H3. The van der Waals surface area contributed by atoms with Gasteiger partial charge in [-0.05, 0) is 51.2 Å². The van der Waals surface area contributed by atoms with Gasteiger partial charge in [0.05, 0.1) is 23.0 Å². The fourth-order valence-electron chi connectivity index (χ4n) is 4.30. The SMILES string of the molecule is CC(C)(C)Oc1ccc(C=NN2C(=O)C3C4C=CC(C4)C3C2=O)cc1[N+](=O)[O-]. The molecule has 0 aromatic heterocycles. The van der Waals surface area contributed by atoms with Gasteiger partial charge in [-0.25, -0.2) is 0 Å². The van der Waals surface area contributed by atoms with Crippen LogP contribution in [-0.4, -0.2) is 33.6 Å². The number of carbonyl (C=O) groups excluding carboxylic acids is 2. The highest BCUT2D eigenvalue weighted by atomic mass is 16.6. The first kappa shape index (κ1) is 18.3. The molecular weight excluding hydrogens is 362 g/mol. The first-order valence-corrected chi connectivity index (χ1v) is 9.23. The van der Waals surface area contributed by atoms with Gasteiger partial charge in [-0.3, -0.25) is 19.7 Å². The van der Waals surface area contributed by atoms with E-state index in [0.29, 0.717) is 5.56 Å². The van der Waals surface area contributed by atoms with Crippen molar-refractivity contribution in [3.05, 3.63) is 46.0 Å². The van der Waals surface area contributed by atoms with Gasteiger partial charge in [0, 0.05) is 11.6 Å². The van der Waals surface area contributed by atoms with Crippen molar-refractivity contribution >= 4 is 23.7 Å². The minimum Gasteiger partial charge on any atom is -0.481 e. The van der Waals surface area contributed by atoms with E-state index in [9.17, 15) is 19.7 Å². The van der Waals surface area contributed by atoms with E-state index in [1.54, 1.807) is 26.8 Å². The van der Waals surface area contributed by atoms with E-state index in [1.807, 2.05) is 12.2 Å². The Bertz CT molecular complexity index is 900. The van der Waals surface area contributed by atoms with Gasteiger partial charge < -0.3 is 4.74 Å². The first-order valence-electron chi connectivity index (χ1n) is 9.23. The molecule has 0 N–H and O–H groups in total. The number of nitro groups is 1. The number of amides is 2. The molecule has 1 saturated heterocycles. The zero-order chi connectivity index (χ0) is 20.2. The zero-order valence-corrected chi connectivity index (χ0v) is 15.9. The highest BCUT2D eigenvalue weighted by molar-refractivity contribution is 6.06. The Kier molecular flexibility index (Phi) is 4.10. The van der Waals surface area contributed by atoms with E-state index in [-0.39, 0.29) is 46.9 Å². The average molecular weight is 383 g/mol. The van der Waals surface area contributed by atoms with Crippen molar-refractivity contribution in [2.75, 3.05) is 0 Å². The molecule has 28 heavy (non-hydrogen) atoms. The molecule has 3 aliphatic rings. The highest BCUT2D eigenvalue weighted by Gasteiger charge is 2.59. The predicted molar refractivity (Wildman–Crippen MR) is 101 cm³/mol. The van der Waals surface area contributed by atoms with Crippen LogP contribution in [-0.2, 0) is 9.59 Å². The zero-order valence-electron chi connectivity index (χ0n) is 15.9. The minimum atomic E-state index is -0.583. The second-order valence-electron chi connectivity index (χ2n) is 8.43. The van der Waals surface area contributed by atoms with E-state index in [4.69, 9.17) is 4.74 Å². The van der Waals surface area contributed by atoms with Crippen molar-refractivity contribution in [2.45, 2.75) is 32.8 Å². The molecule has 1 heterocycles. The molecule has 8 nitrogen and oxygen atoms in total. The third kappa shape index (κ3) is 2.98. The molecule has 1 saturated carbocycles. The topological polar surface area (TPSA) is 102 Å². The van der Waals surface area contributed by atoms with E-state index < -0.39 is 10.5 Å². The van der Waals surface area contributed by atoms with Crippen LogP contribution in [0, 0.1) is 33.8 Å². The minimum absolute atomic E-state index is 0.113. The summed E-state index contributed by atoms with van der Waals surface area (Å²) in [5, 5.41) is 16.4. The molecule has 4 rings (SSSR count). The van der Waals surface area contributed by atoms with Crippen LogP contribution in [0.2, 0.25) is 0 Å². The van der Waals surface area contributed by atoms with Gasteiger partial charge in [0.15, 0.2) is 5.75 Å². The van der Waals surface area contributed by atoms with Crippen LogP contribution >= 0.6 is 0 Å². The van der Waals surface area contributed by atoms with Crippen LogP contribution in [0.15, 0.2) is 35.5 Å². The Morgan fingerprint density at radius 3 is 2.32 bits per heavy atom. The number of nitro benzene ring substituents is 1. The molecule has 0 radical (unpaired) electrons. The lowest BCUT2D eigenvalue weighted by Gasteiger charge is -2.21. The highest BCUT2D eigenvalue weighted by Crippen LogP contribution is 2.52. The third-order valence-electron chi connectivity index (χ3n) is 5.37. The Morgan fingerprint density at radius 2 is 1.79 bits per heavy atom. The van der Waals surface area contributed by atoms with Crippen molar-refractivity contribution in [2.24, 2.45) is 28.8 Å². The Balaban J connectivity index is 1.57. The second-order valence-corrected chi connectivity index (χ2v) is 8.43. The number of ether oxygens (including phenoxy) is 1. The molecule has 1 aromatic rings. The molecule has 146 valence electrons. The normalized spacial score (nSPS) is 28.5. The lowest BCUT2D eigenvalue weighted by atomic mass is 9.85. The summed E-state index contributed by atoms with van der Waals surface area (Å²) < 4.78 is 5.63. The lowest BCUT2D eigenvalue weighted by Crippen LogP contribution is -2.28. The fraction of sp³-hybridized carbons (Fsp3) is 0.450. The van der Waals surface area contributed by atoms with E-state index in [2.05, 4.69) is 5.10 Å². The van der Waals surface area contributed by atoms with Crippen LogP contribution in [0.4, 0.5) is 5.69 Å². The third-order valence-corrected chi connectivity index (χ3v) is 5.37. The number of nitrogens with zero attached hydrogens (tertiary/aromatic N) is 3. The molecule has 4 atom stereocenters. The number of carbonyl (C=O) groups is 2. The largest absolute Gasteiger partial charge is 0.481 e. The van der Waals surface area contributed by atoms with Crippen LogP contribution in [0.5, 0.6) is 5.75 Å². The van der Waals surface area contributed by atoms with E-state index in [0.717, 1.165) is 11.4 Å². The number of hydrazone groups is 1. The van der Waals surface area contributed by atoms with Gasteiger partial charge in [0.2, 0.25) is 0 Å². The molecule has 1 aliphatic heterocycles. The molecular formula is C20H21N3O5. The maximum atomic E-state index is 12.6. The van der Waals surface area contributed by atoms with Crippen LogP contribution in [0.1, 0.15) is 32.8 Å². The summed E-state index contributed by atoms with van der Waals surface area (Å²) in [5.41, 5.74) is -0.372. The predicted octanol–water partition coefficient (Wildman–Crippen LogP) is 2.91. The summed E-state index contributed by atoms with van der Waals surface area (Å²) in [7, 11) is 0. The Hall–Kier alpha value is -3.03. The van der Waals surface area contributed by atoms with Crippen molar-refractivity contribution < 1.29 is 19.2 Å². The molecule has 1 aromatic carbocycles. The number of benzene rings is 1. The first-order chi connectivity index (χ1) is 13.2. The smallest absolute Gasteiger partial charge is 0.311 e. The number of hydrogen-bond donors (Lipinski definition) is 0. The Morgan fingerprint density at radius 1 is 1.18 bits per heavy atom. The van der Waals surface area contributed by atoms with Crippen LogP contribution in [0.25, 0.3) is 0 Å². The molecule has 2 amide bonds. The van der Waals surface area contributed by atoms with Crippen molar-refractivity contribution in [3.63, 3.8) is 0 Å². The molecule has 2 aliphatic carbocycles. The average Bonchev–Trinajstić information content (AvgIpc) is 3.27.